The molecule has 1 aromatic rings. The number of nitrogens with two attached hydrogens (primary N) is 1. The number of hydrogen-bond acceptors (Lipinski definition) is 5. The highest BCUT2D eigenvalue weighted by Crippen LogP contribution is 2.30. The number of halogens is 1. The van der Waals surface area contributed by atoms with Crippen molar-refractivity contribution in [3.05, 3.63) is 10.7 Å². The minimum atomic E-state index is 0.103. The van der Waals surface area contributed by atoms with E-state index >= 15 is 0 Å². The average molecular weight is 273 g/mol. The zero-order chi connectivity index (χ0) is 10.8. The van der Waals surface area contributed by atoms with Gasteiger partial charge < -0.3 is 15.7 Å². The van der Waals surface area contributed by atoms with E-state index in [0.717, 1.165) is 12.8 Å². The van der Waals surface area contributed by atoms with Gasteiger partial charge in [-0.1, -0.05) is 0 Å². The molecule has 0 radical (unpaired) electrons. The van der Waals surface area contributed by atoms with E-state index in [1.165, 1.54) is 0 Å². The minimum Gasteiger partial charge on any atom is -0.395 e. The lowest BCUT2D eigenvalue weighted by Gasteiger charge is -2.21. The van der Waals surface area contributed by atoms with Gasteiger partial charge in [-0.15, -0.1) is 0 Å². The third-order valence-corrected chi connectivity index (χ3v) is 2.69. The van der Waals surface area contributed by atoms with Crippen LogP contribution < -0.4 is 10.6 Å². The number of nitrogens with zero attached hydrogens (tertiary/aromatic N) is 3. The molecule has 1 aliphatic rings. The van der Waals surface area contributed by atoms with E-state index in [1.807, 2.05) is 4.90 Å². The lowest BCUT2D eigenvalue weighted by molar-refractivity contribution is 0.300. The molecule has 0 amide bonds. The predicted octanol–water partition coefficient (Wildman–Crippen LogP) is 0.782. The molecule has 3 N–H and O–H groups in total. The summed E-state index contributed by atoms with van der Waals surface area (Å²) >= 11 is 3.28. The van der Waals surface area contributed by atoms with Gasteiger partial charge in [0.1, 0.15) is 10.4 Å². The molecular formula is C9H13BrN4O. The van der Waals surface area contributed by atoms with Crippen LogP contribution in [0.3, 0.4) is 0 Å². The van der Waals surface area contributed by atoms with Crippen molar-refractivity contribution in [3.8, 4) is 0 Å². The fraction of sp³-hybridized carbons (Fsp3) is 0.556. The zero-order valence-corrected chi connectivity index (χ0v) is 9.81. The van der Waals surface area contributed by atoms with Gasteiger partial charge in [-0.2, -0.15) is 4.98 Å². The van der Waals surface area contributed by atoms with Crippen molar-refractivity contribution < 1.29 is 5.11 Å². The second kappa shape index (κ2) is 4.32. The minimum absolute atomic E-state index is 0.103. The van der Waals surface area contributed by atoms with Crippen molar-refractivity contribution in [2.24, 2.45) is 0 Å². The first-order chi connectivity index (χ1) is 7.20. The molecule has 0 spiro atoms. The van der Waals surface area contributed by atoms with Crippen LogP contribution >= 0.6 is 15.9 Å². The smallest absolute Gasteiger partial charge is 0.228 e. The summed E-state index contributed by atoms with van der Waals surface area (Å²) in [7, 11) is 0. The fourth-order valence-corrected chi connectivity index (χ4v) is 1.88. The Morgan fingerprint density at radius 2 is 2.27 bits per heavy atom. The average Bonchev–Trinajstić information content (AvgIpc) is 2.95. The van der Waals surface area contributed by atoms with Crippen molar-refractivity contribution in [2.45, 2.75) is 18.9 Å². The maximum absolute atomic E-state index is 8.97. The van der Waals surface area contributed by atoms with Crippen molar-refractivity contribution in [1.29, 1.82) is 0 Å². The zero-order valence-electron chi connectivity index (χ0n) is 8.23. The van der Waals surface area contributed by atoms with Gasteiger partial charge in [0.25, 0.3) is 0 Å². The molecule has 5 nitrogen and oxygen atoms in total. The Kier molecular flexibility index (Phi) is 3.06. The summed E-state index contributed by atoms with van der Waals surface area (Å²) in [5.41, 5.74) is 5.64. The fourth-order valence-electron chi connectivity index (χ4n) is 1.49. The molecule has 0 aliphatic heterocycles. The largest absolute Gasteiger partial charge is 0.395 e. The number of aliphatic hydroxyl groups excluding tert-OH is 1. The Labute approximate surface area is 96.5 Å². The molecule has 1 aromatic heterocycles. The Morgan fingerprint density at radius 3 is 2.80 bits per heavy atom. The van der Waals surface area contributed by atoms with Crippen molar-refractivity contribution >= 4 is 27.7 Å². The topological polar surface area (TPSA) is 75.3 Å². The van der Waals surface area contributed by atoms with E-state index in [4.69, 9.17) is 10.8 Å². The molecule has 0 unspecified atom stereocenters. The van der Waals surface area contributed by atoms with Gasteiger partial charge in [0.15, 0.2) is 0 Å². The van der Waals surface area contributed by atoms with Crippen LogP contribution in [0.15, 0.2) is 10.7 Å². The van der Waals surface area contributed by atoms with Crippen LogP contribution in [-0.4, -0.2) is 34.3 Å². The second-order valence-electron chi connectivity index (χ2n) is 3.56. The highest BCUT2D eigenvalue weighted by molar-refractivity contribution is 9.10. The molecule has 0 saturated heterocycles. The van der Waals surface area contributed by atoms with E-state index in [-0.39, 0.29) is 6.61 Å². The van der Waals surface area contributed by atoms with E-state index in [0.29, 0.717) is 29.0 Å². The molecule has 82 valence electrons. The summed E-state index contributed by atoms with van der Waals surface area (Å²) in [4.78, 5) is 10.4. The molecular weight excluding hydrogens is 260 g/mol. The molecule has 0 aromatic carbocycles. The summed E-state index contributed by atoms with van der Waals surface area (Å²) in [6.45, 7) is 0.660. The third-order valence-electron chi connectivity index (χ3n) is 2.29. The van der Waals surface area contributed by atoms with Crippen LogP contribution in [0.2, 0.25) is 0 Å². The van der Waals surface area contributed by atoms with E-state index in [2.05, 4.69) is 25.9 Å². The summed E-state index contributed by atoms with van der Waals surface area (Å²) in [5.74, 6) is 1.04. The lowest BCUT2D eigenvalue weighted by atomic mass is 10.5. The van der Waals surface area contributed by atoms with Gasteiger partial charge in [0, 0.05) is 18.7 Å². The number of anilines is 2. The van der Waals surface area contributed by atoms with Crippen LogP contribution in [0.5, 0.6) is 0 Å². The van der Waals surface area contributed by atoms with Crippen LogP contribution in [0.1, 0.15) is 12.8 Å². The Balaban J connectivity index is 2.24. The van der Waals surface area contributed by atoms with Gasteiger partial charge in [-0.05, 0) is 28.8 Å². The summed E-state index contributed by atoms with van der Waals surface area (Å²) in [5, 5.41) is 8.97. The molecule has 1 aliphatic carbocycles. The Bertz CT molecular complexity index is 336. The van der Waals surface area contributed by atoms with Crippen LogP contribution in [0.25, 0.3) is 0 Å². The standard InChI is InChI=1S/C9H13BrN4O/c10-7-5-8(11)13-9(12-7)14(3-4-15)6-1-2-6/h5-6,15H,1-4H2,(H2,11,12,13). The SMILES string of the molecule is Nc1cc(Br)nc(N(CCO)C2CC2)n1. The quantitative estimate of drug-likeness (QED) is 0.793. The first-order valence-electron chi connectivity index (χ1n) is 4.88. The first-order valence-corrected chi connectivity index (χ1v) is 5.67. The lowest BCUT2D eigenvalue weighted by Crippen LogP contribution is -2.30. The highest BCUT2D eigenvalue weighted by atomic mass is 79.9. The van der Waals surface area contributed by atoms with E-state index in [1.54, 1.807) is 6.07 Å². The molecule has 0 atom stereocenters. The molecule has 0 bridgehead atoms. The molecule has 1 heterocycles. The molecule has 15 heavy (non-hydrogen) atoms. The number of aromatic nitrogens is 2. The normalized spacial score (nSPS) is 15.3. The second-order valence-corrected chi connectivity index (χ2v) is 4.38. The maximum atomic E-state index is 8.97. The van der Waals surface area contributed by atoms with E-state index < -0.39 is 0 Å². The van der Waals surface area contributed by atoms with Crippen molar-refractivity contribution in [1.82, 2.24) is 9.97 Å². The van der Waals surface area contributed by atoms with Crippen molar-refractivity contribution in [2.75, 3.05) is 23.8 Å². The first kappa shape index (κ1) is 10.6. The Morgan fingerprint density at radius 1 is 1.53 bits per heavy atom. The number of nitrogen functional groups attached to an aromatic ring is 1. The summed E-state index contributed by atoms with van der Waals surface area (Å²) < 4.78 is 0.675. The van der Waals surface area contributed by atoms with Crippen LogP contribution in [0, 0.1) is 0 Å². The van der Waals surface area contributed by atoms with Gasteiger partial charge in [0.05, 0.1) is 6.61 Å². The molecule has 1 fully saturated rings. The maximum Gasteiger partial charge on any atom is 0.228 e. The van der Waals surface area contributed by atoms with Crippen LogP contribution in [0.4, 0.5) is 11.8 Å². The van der Waals surface area contributed by atoms with Crippen molar-refractivity contribution in [3.63, 3.8) is 0 Å². The molecule has 1 saturated carbocycles. The van der Waals surface area contributed by atoms with Crippen LogP contribution in [-0.2, 0) is 0 Å². The summed E-state index contributed by atoms with van der Waals surface area (Å²) in [6, 6.07) is 2.12. The van der Waals surface area contributed by atoms with Gasteiger partial charge in [-0.25, -0.2) is 4.98 Å². The van der Waals surface area contributed by atoms with Gasteiger partial charge in [0.2, 0.25) is 5.95 Å². The monoisotopic (exact) mass is 272 g/mol. The highest BCUT2D eigenvalue weighted by Gasteiger charge is 2.30. The number of aliphatic hydroxyl groups is 1. The van der Waals surface area contributed by atoms with E-state index in [9.17, 15) is 0 Å². The summed E-state index contributed by atoms with van der Waals surface area (Å²) in [6.07, 6.45) is 2.27. The number of rotatable bonds is 4. The van der Waals surface area contributed by atoms with Gasteiger partial charge >= 0.3 is 0 Å². The predicted molar refractivity (Wildman–Crippen MR) is 61.6 cm³/mol. The molecule has 2 rings (SSSR count). The molecule has 6 heteroatoms. The Hall–Kier alpha value is -0.880. The number of hydrogen-bond donors (Lipinski definition) is 2. The van der Waals surface area contributed by atoms with Gasteiger partial charge in [-0.3, -0.25) is 0 Å². The third kappa shape index (κ3) is 2.57.